The number of hydrogen-bond donors (Lipinski definition) is 4. The number of Topliss-reactive ketones (excluding diaryl/α,β-unsaturated/α-hetero) is 1. The maximum atomic E-state index is 14.2. The monoisotopic (exact) mass is 807 g/mol. The van der Waals surface area contributed by atoms with E-state index in [-0.39, 0.29) is 36.4 Å². The van der Waals surface area contributed by atoms with Crippen LogP contribution in [-0.2, 0) is 29.0 Å². The summed E-state index contributed by atoms with van der Waals surface area (Å²) in [4.78, 5) is 68.2. The van der Waals surface area contributed by atoms with E-state index in [9.17, 15) is 32.4 Å². The molecule has 0 heterocycles. The number of carbonyl (C=O) groups excluding carboxylic acids is 5. The molecular weight excluding hydrogens is 749 g/mol. The van der Waals surface area contributed by atoms with Crippen molar-refractivity contribution in [2.45, 2.75) is 127 Å². The molecule has 2 saturated carbocycles. The van der Waals surface area contributed by atoms with Gasteiger partial charge in [0.15, 0.2) is 13.9 Å². The number of rotatable bonds is 19. The summed E-state index contributed by atoms with van der Waals surface area (Å²) in [7, 11) is -3.44. The molecule has 0 aromatic heterocycles. The molecule has 12 nitrogen and oxygen atoms in total. The lowest BCUT2D eigenvalue weighted by Gasteiger charge is -2.40. The molecule has 0 spiro atoms. The normalized spacial score (nSPS) is 18.2. The van der Waals surface area contributed by atoms with Crippen LogP contribution < -0.4 is 21.3 Å². The van der Waals surface area contributed by atoms with Crippen LogP contribution in [-0.4, -0.2) is 89.1 Å². The van der Waals surface area contributed by atoms with Gasteiger partial charge >= 0.3 is 6.03 Å². The molecule has 0 radical (unpaired) electrons. The van der Waals surface area contributed by atoms with E-state index < -0.39 is 66.5 Å². The Hall–Kier alpha value is -2.23. The molecule has 3 atom stereocenters. The van der Waals surface area contributed by atoms with E-state index in [1.54, 1.807) is 20.8 Å². The Morgan fingerprint density at radius 2 is 1.67 bits per heavy atom. The number of halogens is 1. The molecule has 2 aliphatic rings. The highest BCUT2D eigenvalue weighted by Gasteiger charge is 2.43. The van der Waals surface area contributed by atoms with Crippen LogP contribution in [0.4, 0.5) is 4.79 Å². The van der Waals surface area contributed by atoms with Crippen molar-refractivity contribution in [2.75, 3.05) is 24.6 Å². The summed E-state index contributed by atoms with van der Waals surface area (Å²) >= 11 is 1.86. The molecule has 2 fully saturated rings. The molecule has 48 heavy (non-hydrogen) atoms. The molecule has 14 heteroatoms. The van der Waals surface area contributed by atoms with Gasteiger partial charge in [0.1, 0.15) is 6.04 Å². The maximum absolute atomic E-state index is 14.2. The second kappa shape index (κ2) is 18.7. The lowest BCUT2D eigenvalue weighted by atomic mass is 9.83. The van der Waals surface area contributed by atoms with E-state index >= 15 is 0 Å². The van der Waals surface area contributed by atoms with Gasteiger partial charge in [-0.2, -0.15) is 0 Å². The Kier molecular flexibility index (Phi) is 16.3. The number of ketones is 1. The zero-order chi connectivity index (χ0) is 36.3. The first-order valence-corrected chi connectivity index (χ1v) is 20.4. The molecule has 4 N–H and O–H groups in total. The van der Waals surface area contributed by atoms with Gasteiger partial charge in [-0.05, 0) is 71.9 Å². The van der Waals surface area contributed by atoms with Crippen LogP contribution in [0.5, 0.6) is 0 Å². The number of sulfone groups is 1. The van der Waals surface area contributed by atoms with Gasteiger partial charge in [-0.3, -0.25) is 19.2 Å². The van der Waals surface area contributed by atoms with E-state index in [0.29, 0.717) is 32.1 Å². The number of nitrogens with one attached hydrogen (secondary N) is 4. The zero-order valence-corrected chi connectivity index (χ0v) is 32.6. The molecule has 0 aromatic rings. The second-order valence-corrected chi connectivity index (χ2v) is 18.3. The Bertz CT molecular complexity index is 1260. The number of carbonyl (C=O) groups is 5. The van der Waals surface area contributed by atoms with Crippen LogP contribution in [0, 0.1) is 17.3 Å². The molecule has 0 bridgehead atoms. The largest absolute Gasteiger partial charge is 0.346 e. The van der Waals surface area contributed by atoms with Crippen molar-refractivity contribution < 1.29 is 32.4 Å². The fourth-order valence-electron chi connectivity index (χ4n) is 5.95. The first-order chi connectivity index (χ1) is 22.3. The molecule has 274 valence electrons. The fraction of sp³-hybridized carbons (Fsp3) is 0.794. The first-order valence-electron chi connectivity index (χ1n) is 17.3. The zero-order valence-electron chi connectivity index (χ0n) is 29.7. The third-order valence-electron chi connectivity index (χ3n) is 8.85. The van der Waals surface area contributed by atoms with Crippen molar-refractivity contribution in [2.24, 2.45) is 17.3 Å². The van der Waals surface area contributed by atoms with E-state index in [4.69, 9.17) is 0 Å². The summed E-state index contributed by atoms with van der Waals surface area (Å²) in [6, 6.07) is -2.71. The smallest absolute Gasteiger partial charge is 0.315 e. The Labute approximate surface area is 301 Å². The minimum Gasteiger partial charge on any atom is -0.346 e. The van der Waals surface area contributed by atoms with Gasteiger partial charge in [0.05, 0.1) is 23.1 Å². The van der Waals surface area contributed by atoms with Gasteiger partial charge in [-0.15, -0.1) is 6.58 Å². The van der Waals surface area contributed by atoms with Crippen molar-refractivity contribution >= 4 is 62.0 Å². The molecule has 5 amide bonds. The van der Waals surface area contributed by atoms with Crippen LogP contribution >= 0.6 is 22.6 Å². The van der Waals surface area contributed by atoms with Gasteiger partial charge in [0.2, 0.25) is 11.7 Å². The highest BCUT2D eigenvalue weighted by molar-refractivity contribution is 14.1. The minimum atomic E-state index is -3.44. The predicted octanol–water partition coefficient (Wildman–Crippen LogP) is 4.02. The summed E-state index contributed by atoms with van der Waals surface area (Å²) in [5, 5.41) is 11.0. The van der Waals surface area contributed by atoms with Crippen LogP contribution in [0.1, 0.15) is 106 Å². The molecular formula is C34H58IN5O7S. The number of nitrogens with zero attached hydrogens (tertiary/aromatic N) is 1. The summed E-state index contributed by atoms with van der Waals surface area (Å²) in [5.74, 6) is -2.25. The highest BCUT2D eigenvalue weighted by atomic mass is 127. The third-order valence-corrected chi connectivity index (χ3v) is 11.9. The summed E-state index contributed by atoms with van der Waals surface area (Å²) < 4.78 is 25.2. The van der Waals surface area contributed by atoms with E-state index in [1.165, 1.54) is 11.0 Å². The van der Waals surface area contributed by atoms with Gasteiger partial charge in [0, 0.05) is 13.1 Å². The standard InChI is InChI=1S/C34H58IN5O7S/c1-8-18-36-29(42)26(41)25(21-24-13-14-24)37-30(43)28(35)40(19-9-2)31(44)27(33(5,6)7)38-32(45)39-34(16-11-10-12-17-34)22-48(46,47)20-15-23(3)4/h8,23-25,27-28H,1,9-22H2,2-7H3,(H,36,42)(H,37,43)(H2,38,39,45)/t25?,27-,28-/m1/s1. The lowest BCUT2D eigenvalue weighted by Crippen LogP contribution is -2.63. The lowest BCUT2D eigenvalue weighted by molar-refractivity contribution is -0.142. The summed E-state index contributed by atoms with van der Waals surface area (Å²) in [5.41, 5.74) is -1.70. The van der Waals surface area contributed by atoms with Crippen molar-refractivity contribution in [3.8, 4) is 0 Å². The van der Waals surface area contributed by atoms with Gasteiger partial charge in [-0.25, -0.2) is 13.2 Å². The fourth-order valence-corrected chi connectivity index (χ4v) is 8.86. The summed E-state index contributed by atoms with van der Waals surface area (Å²) in [6.45, 7) is 15.1. The SMILES string of the molecule is C=CCNC(=O)C(=O)C(CC1CC1)NC(=O)[C@H](I)N(CCC)C(=O)[C@@H](NC(=O)NC1(CS(=O)(=O)CCC(C)C)CCCCC1)C(C)(C)C. The van der Waals surface area contributed by atoms with E-state index in [1.807, 2.05) is 43.4 Å². The van der Waals surface area contributed by atoms with Crippen molar-refractivity contribution in [1.29, 1.82) is 0 Å². The van der Waals surface area contributed by atoms with Crippen LogP contribution in [0.15, 0.2) is 12.7 Å². The highest BCUT2D eigenvalue weighted by Crippen LogP contribution is 2.34. The number of hydrogen-bond acceptors (Lipinski definition) is 7. The van der Waals surface area contributed by atoms with E-state index in [2.05, 4.69) is 27.8 Å². The topological polar surface area (TPSA) is 171 Å². The molecule has 0 saturated heterocycles. The third kappa shape index (κ3) is 13.6. The average molecular weight is 808 g/mol. The van der Waals surface area contributed by atoms with Gasteiger partial charge in [-0.1, -0.05) is 79.7 Å². The van der Waals surface area contributed by atoms with Gasteiger partial charge < -0.3 is 26.2 Å². The van der Waals surface area contributed by atoms with Crippen LogP contribution in [0.25, 0.3) is 0 Å². The van der Waals surface area contributed by atoms with Crippen molar-refractivity contribution in [3.05, 3.63) is 12.7 Å². The Morgan fingerprint density at radius 1 is 1.04 bits per heavy atom. The number of alkyl halides is 1. The molecule has 2 aliphatic carbocycles. The molecule has 0 aromatic carbocycles. The second-order valence-electron chi connectivity index (χ2n) is 15.0. The quantitative estimate of drug-likeness (QED) is 0.0503. The van der Waals surface area contributed by atoms with Crippen LogP contribution in [0.3, 0.4) is 0 Å². The molecule has 1 unspecified atom stereocenters. The summed E-state index contributed by atoms with van der Waals surface area (Å²) in [6.07, 6.45) is 8.27. The van der Waals surface area contributed by atoms with Gasteiger partial charge in [0.25, 0.3) is 11.8 Å². The Morgan fingerprint density at radius 3 is 2.19 bits per heavy atom. The van der Waals surface area contributed by atoms with Crippen LogP contribution in [0.2, 0.25) is 0 Å². The van der Waals surface area contributed by atoms with Crippen molar-refractivity contribution in [3.63, 3.8) is 0 Å². The first kappa shape index (κ1) is 41.9. The molecule has 2 rings (SSSR count). The Balaban J connectivity index is 2.25. The average Bonchev–Trinajstić information content (AvgIpc) is 3.82. The number of amides is 5. The van der Waals surface area contributed by atoms with Crippen molar-refractivity contribution in [1.82, 2.24) is 26.2 Å². The van der Waals surface area contributed by atoms with E-state index in [0.717, 1.165) is 32.1 Å². The minimum absolute atomic E-state index is 0.0521. The predicted molar refractivity (Wildman–Crippen MR) is 196 cm³/mol. The molecule has 0 aliphatic heterocycles. The maximum Gasteiger partial charge on any atom is 0.315 e. The number of urea groups is 1.